The highest BCUT2D eigenvalue weighted by atomic mass is 16.4. The third-order valence-corrected chi connectivity index (χ3v) is 3.41. The summed E-state index contributed by atoms with van der Waals surface area (Å²) in [6.45, 7) is 2.24. The van der Waals surface area contributed by atoms with E-state index in [1.165, 1.54) is 12.8 Å². The van der Waals surface area contributed by atoms with Crippen LogP contribution in [0.4, 0.5) is 0 Å². The molecule has 2 aliphatic heterocycles. The molecule has 2 fully saturated rings. The van der Waals surface area contributed by atoms with Crippen LogP contribution in [0.25, 0.3) is 0 Å². The van der Waals surface area contributed by atoms with E-state index < -0.39 is 5.97 Å². The van der Waals surface area contributed by atoms with Crippen molar-refractivity contribution in [3.05, 3.63) is 0 Å². The third-order valence-electron chi connectivity index (χ3n) is 3.41. The smallest absolute Gasteiger partial charge is 0.308 e. The lowest BCUT2D eigenvalue weighted by Crippen LogP contribution is -2.50. The molecule has 2 aliphatic rings. The predicted octanol–water partition coefficient (Wildman–Crippen LogP) is 1.34. The van der Waals surface area contributed by atoms with Crippen LogP contribution in [0.3, 0.4) is 0 Å². The highest BCUT2D eigenvalue weighted by Crippen LogP contribution is 2.30. The Morgan fingerprint density at radius 2 is 1.92 bits per heavy atom. The number of fused-ring (bicyclic) bond motifs is 1. The molecule has 0 spiro atoms. The molecule has 3 nitrogen and oxygen atoms in total. The van der Waals surface area contributed by atoms with Gasteiger partial charge in [-0.15, -0.1) is 0 Å². The van der Waals surface area contributed by atoms with Crippen molar-refractivity contribution in [2.45, 2.75) is 38.1 Å². The van der Waals surface area contributed by atoms with Crippen molar-refractivity contribution >= 4 is 5.97 Å². The van der Waals surface area contributed by atoms with Crippen LogP contribution in [0.1, 0.15) is 32.1 Å². The summed E-state index contributed by atoms with van der Waals surface area (Å²) in [5, 5.41) is 9.05. The van der Waals surface area contributed by atoms with Gasteiger partial charge < -0.3 is 5.11 Å². The normalized spacial score (nSPS) is 35.4. The van der Waals surface area contributed by atoms with Crippen molar-refractivity contribution < 1.29 is 9.90 Å². The van der Waals surface area contributed by atoms with Crippen LogP contribution in [0.15, 0.2) is 0 Å². The van der Waals surface area contributed by atoms with Crippen molar-refractivity contribution in [3.63, 3.8) is 0 Å². The van der Waals surface area contributed by atoms with Gasteiger partial charge in [0.05, 0.1) is 5.92 Å². The van der Waals surface area contributed by atoms with Gasteiger partial charge in [0.15, 0.2) is 0 Å². The molecule has 0 amide bonds. The molecule has 1 N–H and O–H groups in total. The molecule has 13 heavy (non-hydrogen) atoms. The second-order valence-corrected chi connectivity index (χ2v) is 4.19. The Morgan fingerprint density at radius 1 is 1.15 bits per heavy atom. The van der Waals surface area contributed by atoms with Crippen molar-refractivity contribution in [1.82, 2.24) is 4.90 Å². The minimum atomic E-state index is -0.586. The van der Waals surface area contributed by atoms with Gasteiger partial charge in [0.25, 0.3) is 0 Å². The van der Waals surface area contributed by atoms with E-state index in [0.717, 1.165) is 32.4 Å². The molecule has 0 saturated carbocycles. The lowest BCUT2D eigenvalue weighted by atomic mass is 9.84. The van der Waals surface area contributed by atoms with Crippen LogP contribution in [-0.2, 0) is 4.79 Å². The molecule has 3 heteroatoms. The Hall–Kier alpha value is -0.570. The lowest BCUT2D eigenvalue weighted by molar-refractivity contribution is -0.146. The molecular weight excluding hydrogens is 166 g/mol. The van der Waals surface area contributed by atoms with Crippen molar-refractivity contribution in [1.29, 1.82) is 0 Å². The zero-order chi connectivity index (χ0) is 9.26. The van der Waals surface area contributed by atoms with Gasteiger partial charge in [-0.2, -0.15) is 0 Å². The number of aliphatic carboxylic acids is 1. The van der Waals surface area contributed by atoms with Crippen LogP contribution in [0.2, 0.25) is 0 Å². The van der Waals surface area contributed by atoms with Crippen LogP contribution in [0.5, 0.6) is 0 Å². The first-order valence-corrected chi connectivity index (χ1v) is 5.26. The summed E-state index contributed by atoms with van der Waals surface area (Å²) in [5.41, 5.74) is 0. The van der Waals surface area contributed by atoms with Gasteiger partial charge in [-0.1, -0.05) is 6.42 Å². The monoisotopic (exact) mass is 183 g/mol. The van der Waals surface area contributed by atoms with E-state index in [1.807, 2.05) is 0 Å². The van der Waals surface area contributed by atoms with E-state index in [-0.39, 0.29) is 5.92 Å². The number of rotatable bonds is 1. The quantitative estimate of drug-likeness (QED) is 0.666. The molecule has 0 bridgehead atoms. The van der Waals surface area contributed by atoms with E-state index in [0.29, 0.717) is 6.04 Å². The number of carboxylic acid groups (broad SMARTS) is 1. The topological polar surface area (TPSA) is 40.5 Å². The first-order chi connectivity index (χ1) is 6.29. The van der Waals surface area contributed by atoms with E-state index in [4.69, 9.17) is 5.11 Å². The number of hydrogen-bond donors (Lipinski definition) is 1. The van der Waals surface area contributed by atoms with E-state index in [2.05, 4.69) is 4.90 Å². The van der Waals surface area contributed by atoms with Crippen LogP contribution < -0.4 is 0 Å². The Bertz CT molecular complexity index is 203. The second kappa shape index (κ2) is 3.66. The molecule has 2 heterocycles. The maximum Gasteiger partial charge on any atom is 0.308 e. The van der Waals surface area contributed by atoms with Gasteiger partial charge in [-0.3, -0.25) is 9.69 Å². The molecule has 0 aliphatic carbocycles. The Labute approximate surface area is 78.7 Å². The van der Waals surface area contributed by atoms with Gasteiger partial charge in [-0.05, 0) is 38.8 Å². The first-order valence-electron chi connectivity index (χ1n) is 5.26. The SMILES string of the molecule is O=C(O)[C@H]1CCCN2CCCCC12. The van der Waals surface area contributed by atoms with Gasteiger partial charge in [-0.25, -0.2) is 0 Å². The van der Waals surface area contributed by atoms with Gasteiger partial charge >= 0.3 is 5.97 Å². The largest absolute Gasteiger partial charge is 0.481 e. The summed E-state index contributed by atoms with van der Waals surface area (Å²) in [4.78, 5) is 13.4. The summed E-state index contributed by atoms with van der Waals surface area (Å²) < 4.78 is 0. The van der Waals surface area contributed by atoms with Crippen LogP contribution in [-0.4, -0.2) is 35.1 Å². The first kappa shape index (κ1) is 9.00. The maximum atomic E-state index is 11.0. The molecule has 2 rings (SSSR count). The molecule has 1 unspecified atom stereocenters. The van der Waals surface area contributed by atoms with Gasteiger partial charge in [0.2, 0.25) is 0 Å². The summed E-state index contributed by atoms with van der Waals surface area (Å²) in [6, 6.07) is 0.347. The number of piperidine rings is 2. The van der Waals surface area contributed by atoms with E-state index in [9.17, 15) is 4.79 Å². The molecule has 2 saturated heterocycles. The fourth-order valence-corrected chi connectivity index (χ4v) is 2.74. The highest BCUT2D eigenvalue weighted by Gasteiger charge is 2.36. The minimum Gasteiger partial charge on any atom is -0.481 e. The van der Waals surface area contributed by atoms with Crippen molar-refractivity contribution in [3.8, 4) is 0 Å². The third kappa shape index (κ3) is 1.70. The van der Waals surface area contributed by atoms with E-state index >= 15 is 0 Å². The number of carboxylic acids is 1. The highest BCUT2D eigenvalue weighted by molar-refractivity contribution is 5.71. The fraction of sp³-hybridized carbons (Fsp3) is 0.900. The zero-order valence-corrected chi connectivity index (χ0v) is 7.91. The fourth-order valence-electron chi connectivity index (χ4n) is 2.74. The van der Waals surface area contributed by atoms with Gasteiger partial charge in [0.1, 0.15) is 0 Å². The van der Waals surface area contributed by atoms with Crippen LogP contribution >= 0.6 is 0 Å². The maximum absolute atomic E-state index is 11.0. The molecular formula is C10H17NO2. The summed E-state index contributed by atoms with van der Waals surface area (Å²) in [5.74, 6) is -0.675. The van der Waals surface area contributed by atoms with Crippen LogP contribution in [0, 0.1) is 5.92 Å². The average molecular weight is 183 g/mol. The Balaban J connectivity index is 2.06. The standard InChI is InChI=1S/C10H17NO2/c12-10(13)8-4-3-7-11-6-2-1-5-9(8)11/h8-9H,1-7H2,(H,12,13)/t8-,9?/m0/s1. The summed E-state index contributed by atoms with van der Waals surface area (Å²) in [7, 11) is 0. The van der Waals surface area contributed by atoms with Gasteiger partial charge in [0, 0.05) is 6.04 Å². The van der Waals surface area contributed by atoms with E-state index in [1.54, 1.807) is 0 Å². The molecule has 74 valence electrons. The number of hydrogen-bond acceptors (Lipinski definition) is 2. The number of nitrogens with zero attached hydrogens (tertiary/aromatic N) is 1. The molecule has 0 aromatic rings. The second-order valence-electron chi connectivity index (χ2n) is 4.19. The zero-order valence-electron chi connectivity index (χ0n) is 7.91. The number of carbonyl (C=O) groups is 1. The predicted molar refractivity (Wildman–Crippen MR) is 49.6 cm³/mol. The van der Waals surface area contributed by atoms with Crippen molar-refractivity contribution in [2.24, 2.45) is 5.92 Å². The Kier molecular flexibility index (Phi) is 2.54. The van der Waals surface area contributed by atoms with Crippen molar-refractivity contribution in [2.75, 3.05) is 13.1 Å². The lowest BCUT2D eigenvalue weighted by Gasteiger charge is -2.42. The molecule has 0 aromatic heterocycles. The summed E-state index contributed by atoms with van der Waals surface area (Å²) in [6.07, 6.45) is 5.51. The summed E-state index contributed by atoms with van der Waals surface area (Å²) >= 11 is 0. The molecule has 2 atom stereocenters. The minimum absolute atomic E-state index is 0.0888. The Morgan fingerprint density at radius 3 is 2.69 bits per heavy atom. The molecule has 0 radical (unpaired) electrons. The average Bonchev–Trinajstić information content (AvgIpc) is 2.17. The molecule has 0 aromatic carbocycles.